The first-order valence-corrected chi connectivity index (χ1v) is 3.50. The van der Waals surface area contributed by atoms with E-state index in [1.54, 1.807) is 24.3 Å². The van der Waals surface area contributed by atoms with Crippen LogP contribution in [0.4, 0.5) is 0 Å². The van der Waals surface area contributed by atoms with Gasteiger partial charge >= 0.3 is 5.97 Å². The van der Waals surface area contributed by atoms with Crippen LogP contribution in [-0.2, 0) is 9.53 Å². The van der Waals surface area contributed by atoms with Crippen molar-refractivity contribution in [3.8, 4) is 5.75 Å². The summed E-state index contributed by atoms with van der Waals surface area (Å²) in [6.07, 6.45) is 1.35. The molecule has 3 nitrogen and oxygen atoms in total. The van der Waals surface area contributed by atoms with E-state index in [2.05, 4.69) is 4.74 Å². The number of rotatable bonds is 2. The minimum absolute atomic E-state index is 0.277. The molecule has 0 unspecified atom stereocenters. The SMILES string of the molecule is O=C(Oc1ccccc1)C1=CO1. The molecule has 0 saturated carbocycles. The van der Waals surface area contributed by atoms with E-state index < -0.39 is 5.97 Å². The molecule has 0 aliphatic carbocycles. The van der Waals surface area contributed by atoms with Gasteiger partial charge in [0.05, 0.1) is 0 Å². The van der Waals surface area contributed by atoms with Crippen LogP contribution >= 0.6 is 0 Å². The van der Waals surface area contributed by atoms with Gasteiger partial charge in [-0.1, -0.05) is 18.2 Å². The molecule has 0 fully saturated rings. The Hall–Kier alpha value is -1.77. The monoisotopic (exact) mass is 162 g/mol. The Bertz CT molecular complexity index is 327. The van der Waals surface area contributed by atoms with Crippen LogP contribution in [0.25, 0.3) is 0 Å². The highest BCUT2D eigenvalue weighted by atomic mass is 16.6. The number of carbonyl (C=O) groups is 1. The second-order valence-corrected chi connectivity index (χ2v) is 2.30. The van der Waals surface area contributed by atoms with Gasteiger partial charge in [-0.05, 0) is 12.1 Å². The quantitative estimate of drug-likeness (QED) is 0.488. The Kier molecular flexibility index (Phi) is 1.55. The molecule has 3 heteroatoms. The van der Waals surface area contributed by atoms with E-state index >= 15 is 0 Å². The van der Waals surface area contributed by atoms with Gasteiger partial charge in [-0.2, -0.15) is 0 Å². The topological polar surface area (TPSA) is 38.8 Å². The smallest absolute Gasteiger partial charge is 0.382 e. The van der Waals surface area contributed by atoms with Crippen molar-refractivity contribution in [2.75, 3.05) is 0 Å². The van der Waals surface area contributed by atoms with Crippen LogP contribution in [0, 0.1) is 0 Å². The predicted molar refractivity (Wildman–Crippen MR) is 41.2 cm³/mol. The van der Waals surface area contributed by atoms with E-state index in [-0.39, 0.29) is 5.76 Å². The van der Waals surface area contributed by atoms with Crippen LogP contribution in [0.3, 0.4) is 0 Å². The molecule has 0 bridgehead atoms. The van der Waals surface area contributed by atoms with Crippen molar-refractivity contribution < 1.29 is 14.3 Å². The van der Waals surface area contributed by atoms with Crippen molar-refractivity contribution in [3.05, 3.63) is 42.4 Å². The molecular formula is C9H6O3. The molecule has 0 N–H and O–H groups in total. The molecule has 1 aliphatic heterocycles. The average Bonchev–Trinajstić information content (AvgIpc) is 2.88. The highest BCUT2D eigenvalue weighted by Gasteiger charge is 2.22. The highest BCUT2D eigenvalue weighted by Crippen LogP contribution is 2.17. The largest absolute Gasteiger partial charge is 0.450 e. The molecule has 0 amide bonds. The lowest BCUT2D eigenvalue weighted by Gasteiger charge is -1.98. The van der Waals surface area contributed by atoms with Crippen molar-refractivity contribution in [2.24, 2.45) is 0 Å². The van der Waals surface area contributed by atoms with Crippen molar-refractivity contribution in [1.82, 2.24) is 0 Å². The van der Waals surface area contributed by atoms with E-state index in [1.165, 1.54) is 6.26 Å². The van der Waals surface area contributed by atoms with Crippen LogP contribution in [0.2, 0.25) is 0 Å². The third-order valence-electron chi connectivity index (χ3n) is 1.39. The molecular weight excluding hydrogens is 156 g/mol. The van der Waals surface area contributed by atoms with Gasteiger partial charge in [0, 0.05) is 0 Å². The fraction of sp³-hybridized carbons (Fsp3) is 0. The normalized spacial score (nSPS) is 12.8. The zero-order chi connectivity index (χ0) is 8.39. The lowest BCUT2D eigenvalue weighted by molar-refractivity contribution is -0.131. The van der Waals surface area contributed by atoms with Crippen molar-refractivity contribution in [2.45, 2.75) is 0 Å². The molecule has 0 radical (unpaired) electrons. The van der Waals surface area contributed by atoms with E-state index in [4.69, 9.17) is 4.74 Å². The molecule has 2 rings (SSSR count). The molecule has 1 aromatic rings. The molecule has 0 aromatic heterocycles. The summed E-state index contributed by atoms with van der Waals surface area (Å²) in [4.78, 5) is 11.0. The second-order valence-electron chi connectivity index (χ2n) is 2.30. The Morgan fingerprint density at radius 2 is 1.92 bits per heavy atom. The number of benzene rings is 1. The first-order chi connectivity index (χ1) is 5.86. The van der Waals surface area contributed by atoms with Gasteiger partial charge in [-0.3, -0.25) is 0 Å². The summed E-state index contributed by atoms with van der Waals surface area (Å²) in [6, 6.07) is 8.86. The summed E-state index contributed by atoms with van der Waals surface area (Å²) >= 11 is 0. The summed E-state index contributed by atoms with van der Waals surface area (Å²) in [6.45, 7) is 0. The fourth-order valence-electron chi connectivity index (χ4n) is 0.772. The molecule has 60 valence electrons. The first-order valence-electron chi connectivity index (χ1n) is 3.50. The zero-order valence-electron chi connectivity index (χ0n) is 6.19. The lowest BCUT2D eigenvalue weighted by Crippen LogP contribution is -2.05. The first kappa shape index (κ1) is 6.91. The molecule has 1 aliphatic rings. The zero-order valence-corrected chi connectivity index (χ0v) is 6.19. The van der Waals surface area contributed by atoms with Crippen molar-refractivity contribution >= 4 is 5.97 Å². The minimum atomic E-state index is -0.443. The Morgan fingerprint density at radius 1 is 1.25 bits per heavy atom. The fourth-order valence-corrected chi connectivity index (χ4v) is 0.772. The Labute approximate surface area is 69.2 Å². The van der Waals surface area contributed by atoms with Crippen LogP contribution in [0.15, 0.2) is 42.4 Å². The van der Waals surface area contributed by atoms with Gasteiger partial charge in [0.1, 0.15) is 12.0 Å². The van der Waals surface area contributed by atoms with Gasteiger partial charge in [0.15, 0.2) is 0 Å². The van der Waals surface area contributed by atoms with E-state index in [0.717, 1.165) is 0 Å². The van der Waals surface area contributed by atoms with Crippen LogP contribution in [0.1, 0.15) is 0 Å². The second kappa shape index (κ2) is 2.70. The van der Waals surface area contributed by atoms with Gasteiger partial charge in [0.25, 0.3) is 0 Å². The number of carbonyl (C=O) groups excluding carboxylic acids is 1. The van der Waals surface area contributed by atoms with Crippen molar-refractivity contribution in [1.29, 1.82) is 0 Å². The van der Waals surface area contributed by atoms with Gasteiger partial charge in [-0.25, -0.2) is 4.79 Å². The number of ether oxygens (including phenoxy) is 2. The molecule has 1 heterocycles. The van der Waals surface area contributed by atoms with E-state index in [1.807, 2.05) is 6.07 Å². The number of para-hydroxylation sites is 1. The molecule has 0 spiro atoms. The number of hydrogen-bond acceptors (Lipinski definition) is 3. The van der Waals surface area contributed by atoms with E-state index in [0.29, 0.717) is 5.75 Å². The molecule has 1 aromatic carbocycles. The highest BCUT2D eigenvalue weighted by molar-refractivity contribution is 5.90. The Morgan fingerprint density at radius 3 is 2.50 bits per heavy atom. The van der Waals surface area contributed by atoms with Gasteiger partial charge in [0.2, 0.25) is 5.76 Å². The Balaban J connectivity index is 2.03. The van der Waals surface area contributed by atoms with Crippen molar-refractivity contribution in [3.63, 3.8) is 0 Å². The summed E-state index contributed by atoms with van der Waals surface area (Å²) < 4.78 is 9.47. The van der Waals surface area contributed by atoms with Crippen LogP contribution in [0.5, 0.6) is 5.75 Å². The number of hydrogen-bond donors (Lipinski definition) is 0. The minimum Gasteiger partial charge on any atom is -0.450 e. The summed E-state index contributed by atoms with van der Waals surface area (Å²) in [7, 11) is 0. The molecule has 0 saturated heterocycles. The van der Waals surface area contributed by atoms with Gasteiger partial charge < -0.3 is 9.47 Å². The summed E-state index contributed by atoms with van der Waals surface area (Å²) in [5.74, 6) is 0.360. The van der Waals surface area contributed by atoms with Crippen LogP contribution in [-0.4, -0.2) is 5.97 Å². The maximum absolute atomic E-state index is 11.0. The molecule has 12 heavy (non-hydrogen) atoms. The summed E-state index contributed by atoms with van der Waals surface area (Å²) in [5, 5.41) is 0. The maximum atomic E-state index is 11.0. The predicted octanol–water partition coefficient (Wildman–Crippen LogP) is 1.46. The van der Waals surface area contributed by atoms with Gasteiger partial charge in [-0.15, -0.1) is 0 Å². The van der Waals surface area contributed by atoms with Crippen LogP contribution < -0.4 is 4.74 Å². The summed E-state index contributed by atoms with van der Waals surface area (Å²) in [5.41, 5.74) is 0. The molecule has 0 atom stereocenters. The number of esters is 1. The average molecular weight is 162 g/mol. The lowest BCUT2D eigenvalue weighted by atomic mass is 10.3. The maximum Gasteiger partial charge on any atom is 0.382 e. The standard InChI is InChI=1S/C9H6O3/c10-9(8-6-11-8)12-7-4-2-1-3-5-7/h1-6H. The van der Waals surface area contributed by atoms with E-state index in [9.17, 15) is 4.79 Å². The third kappa shape index (κ3) is 1.45. The third-order valence-corrected chi connectivity index (χ3v) is 1.39.